The van der Waals surface area contributed by atoms with Crippen molar-refractivity contribution in [1.82, 2.24) is 4.90 Å². The topological polar surface area (TPSA) is 49.2 Å². The first-order valence-corrected chi connectivity index (χ1v) is 12.4. The first-order chi connectivity index (χ1) is 17.8. The van der Waals surface area contributed by atoms with Crippen molar-refractivity contribution in [2.24, 2.45) is 5.92 Å². The lowest BCUT2D eigenvalue weighted by Crippen LogP contribution is -3.10. The van der Waals surface area contributed by atoms with Gasteiger partial charge in [-0.25, -0.2) is 4.39 Å². The highest BCUT2D eigenvalue weighted by molar-refractivity contribution is 5.35. The molecule has 210 valence electrons. The van der Waals surface area contributed by atoms with Gasteiger partial charge in [0, 0.05) is 25.6 Å². The molecule has 2 aliphatic rings. The van der Waals surface area contributed by atoms with Crippen LogP contribution in [0.1, 0.15) is 47.6 Å². The maximum atomic E-state index is 13.7. The van der Waals surface area contributed by atoms with Crippen molar-refractivity contribution in [2.45, 2.75) is 44.0 Å². The number of rotatable bonds is 6. The second-order valence-corrected chi connectivity index (χ2v) is 9.82. The summed E-state index contributed by atoms with van der Waals surface area (Å²) in [5, 5.41) is 11.8. The zero-order valence-electron chi connectivity index (χ0n) is 20.6. The van der Waals surface area contributed by atoms with Crippen molar-refractivity contribution in [1.29, 1.82) is 0 Å². The fourth-order valence-electron chi connectivity index (χ4n) is 5.09. The number of quaternary nitrogens is 1. The molecule has 0 bridgehead atoms. The highest BCUT2D eigenvalue weighted by atomic mass is 19.4. The van der Waals surface area contributed by atoms with Gasteiger partial charge < -0.3 is 19.7 Å². The predicted molar refractivity (Wildman–Crippen MR) is 123 cm³/mol. The van der Waals surface area contributed by atoms with Gasteiger partial charge in [-0.2, -0.15) is 26.3 Å². The van der Waals surface area contributed by atoms with Gasteiger partial charge in [-0.05, 0) is 60.7 Å². The molecule has 2 aromatic rings. The van der Waals surface area contributed by atoms with Crippen LogP contribution in [-0.2, 0) is 21.8 Å². The van der Waals surface area contributed by atoms with E-state index in [1.165, 1.54) is 19.1 Å². The molecule has 0 amide bonds. The van der Waals surface area contributed by atoms with E-state index in [0.29, 0.717) is 56.8 Å². The Hall–Kier alpha value is -2.25. The fourth-order valence-corrected chi connectivity index (χ4v) is 5.09. The molecule has 0 aliphatic carbocycles. The summed E-state index contributed by atoms with van der Waals surface area (Å²) < 4.78 is 106. The number of halogens is 7. The van der Waals surface area contributed by atoms with Gasteiger partial charge in [-0.15, -0.1) is 0 Å². The van der Waals surface area contributed by atoms with Crippen molar-refractivity contribution >= 4 is 0 Å². The second-order valence-electron chi connectivity index (χ2n) is 9.82. The van der Waals surface area contributed by atoms with Crippen LogP contribution in [0.3, 0.4) is 0 Å². The quantitative estimate of drug-likeness (QED) is 0.416. The summed E-state index contributed by atoms with van der Waals surface area (Å²) in [4.78, 5) is 2.15. The summed E-state index contributed by atoms with van der Waals surface area (Å²) in [6.45, 7) is 4.31. The van der Waals surface area contributed by atoms with Gasteiger partial charge in [0.05, 0.1) is 36.9 Å². The third-order valence-corrected chi connectivity index (χ3v) is 7.15. The van der Waals surface area contributed by atoms with Crippen LogP contribution in [-0.4, -0.2) is 50.5 Å². The van der Waals surface area contributed by atoms with Crippen LogP contribution < -0.4 is 5.06 Å². The Balaban J connectivity index is 1.61. The van der Waals surface area contributed by atoms with Crippen molar-refractivity contribution in [2.75, 3.05) is 39.3 Å². The molecular weight excluding hydrogens is 521 g/mol. The van der Waals surface area contributed by atoms with Gasteiger partial charge in [0.15, 0.2) is 6.29 Å². The number of hydrogen-bond acceptors (Lipinski definition) is 4. The fraction of sp³-hybridized carbons (Fsp3) is 0.538. The largest absolute Gasteiger partial charge is 0.634 e. The van der Waals surface area contributed by atoms with Crippen molar-refractivity contribution in [3.63, 3.8) is 0 Å². The lowest BCUT2D eigenvalue weighted by atomic mass is 9.81. The Labute approximate surface area is 215 Å². The molecule has 2 aliphatic heterocycles. The number of hydroxylamine groups is 2. The molecule has 0 saturated carbocycles. The average molecular weight is 551 g/mol. The summed E-state index contributed by atoms with van der Waals surface area (Å²) in [5.74, 6) is -0.977. The van der Waals surface area contributed by atoms with Crippen LogP contribution in [0.15, 0.2) is 42.5 Å². The molecule has 38 heavy (non-hydrogen) atoms. The first-order valence-electron chi connectivity index (χ1n) is 12.4. The Kier molecular flexibility index (Phi) is 8.68. The minimum Gasteiger partial charge on any atom is -0.634 e. The molecule has 2 heterocycles. The van der Waals surface area contributed by atoms with Crippen LogP contribution in [0.2, 0.25) is 0 Å². The molecule has 4 atom stereocenters. The minimum atomic E-state index is -4.98. The third-order valence-electron chi connectivity index (χ3n) is 7.15. The van der Waals surface area contributed by atoms with Gasteiger partial charge >= 0.3 is 12.4 Å². The van der Waals surface area contributed by atoms with E-state index < -0.39 is 47.6 Å². The minimum absolute atomic E-state index is 0.0631. The van der Waals surface area contributed by atoms with Crippen LogP contribution in [0.4, 0.5) is 30.7 Å². The maximum Gasteiger partial charge on any atom is 0.416 e. The molecule has 2 saturated heterocycles. The highest BCUT2D eigenvalue weighted by Gasteiger charge is 2.40. The molecule has 2 fully saturated rings. The molecular formula is C26H29F7N2O3. The molecule has 12 heteroatoms. The Morgan fingerprint density at radius 1 is 1.00 bits per heavy atom. The number of nitrogens with one attached hydrogen (secondary N) is 1. The summed E-state index contributed by atoms with van der Waals surface area (Å²) in [6.07, 6.45) is -11.5. The zero-order valence-corrected chi connectivity index (χ0v) is 20.6. The van der Waals surface area contributed by atoms with E-state index in [0.717, 1.165) is 0 Å². The monoisotopic (exact) mass is 550 g/mol. The van der Waals surface area contributed by atoms with E-state index in [9.17, 15) is 35.9 Å². The van der Waals surface area contributed by atoms with Crippen molar-refractivity contribution in [3.05, 3.63) is 75.7 Å². The number of hydrogen-bond donors (Lipinski definition) is 1. The van der Waals surface area contributed by atoms with E-state index in [2.05, 4.69) is 4.90 Å². The van der Waals surface area contributed by atoms with Gasteiger partial charge in [-0.3, -0.25) is 4.90 Å². The molecule has 1 N–H and O–H groups in total. The zero-order chi connectivity index (χ0) is 27.7. The van der Waals surface area contributed by atoms with Crippen LogP contribution in [0.5, 0.6) is 0 Å². The van der Waals surface area contributed by atoms with Crippen molar-refractivity contribution in [3.8, 4) is 0 Å². The number of alkyl halides is 6. The van der Waals surface area contributed by atoms with E-state index in [4.69, 9.17) is 9.47 Å². The van der Waals surface area contributed by atoms with Gasteiger partial charge in [0.25, 0.3) is 0 Å². The van der Waals surface area contributed by atoms with Crippen LogP contribution in [0, 0.1) is 16.9 Å². The first kappa shape index (κ1) is 28.8. The van der Waals surface area contributed by atoms with Gasteiger partial charge in [-0.1, -0.05) is 12.1 Å². The lowest BCUT2D eigenvalue weighted by molar-refractivity contribution is -0.853. The molecule has 5 nitrogen and oxygen atoms in total. The highest BCUT2D eigenvalue weighted by Crippen LogP contribution is 2.41. The van der Waals surface area contributed by atoms with Crippen molar-refractivity contribution < 1.29 is 45.3 Å². The molecule has 0 spiro atoms. The van der Waals surface area contributed by atoms with E-state index >= 15 is 0 Å². The lowest BCUT2D eigenvalue weighted by Gasteiger charge is -2.42. The molecule has 2 aromatic carbocycles. The summed E-state index contributed by atoms with van der Waals surface area (Å²) in [7, 11) is 0. The Morgan fingerprint density at radius 2 is 1.58 bits per heavy atom. The van der Waals surface area contributed by atoms with E-state index in [-0.39, 0.29) is 29.2 Å². The Bertz CT molecular complexity index is 1040. The van der Waals surface area contributed by atoms with E-state index in [1.54, 1.807) is 12.1 Å². The maximum absolute atomic E-state index is 13.7. The average Bonchev–Trinajstić information content (AvgIpc) is 2.85. The molecule has 0 aromatic heterocycles. The van der Waals surface area contributed by atoms with Crippen LogP contribution >= 0.6 is 0 Å². The normalized spacial score (nSPS) is 24.9. The second kappa shape index (κ2) is 11.5. The number of benzene rings is 2. The molecule has 4 rings (SSSR count). The molecule has 0 radical (unpaired) electrons. The predicted octanol–water partition coefficient (Wildman–Crippen LogP) is 4.79. The summed E-state index contributed by atoms with van der Waals surface area (Å²) in [5.41, 5.74) is -2.45. The third kappa shape index (κ3) is 7.03. The van der Waals surface area contributed by atoms with Crippen LogP contribution in [0.25, 0.3) is 0 Å². The van der Waals surface area contributed by atoms with Gasteiger partial charge in [0.1, 0.15) is 5.82 Å². The Morgan fingerprint density at radius 3 is 2.13 bits per heavy atom. The van der Waals surface area contributed by atoms with E-state index in [1.807, 2.05) is 0 Å². The standard InChI is InChI=1S/C26H29F7N2O3/c1-16(19-12-20(25(28,29)30)14-21(13-19)26(31,32)33)38-24-23(17-2-4-22(27)5-3-17)18(6-11-37-24)15-34-7-9-35(36)10-8-34/h2-5,12-14,16,18,23-24,35H,6-11,15H2,1H3/t16-,18-,23-,24-/m1/s1. The summed E-state index contributed by atoms with van der Waals surface area (Å²) >= 11 is 0. The summed E-state index contributed by atoms with van der Waals surface area (Å²) in [6, 6.07) is 7.10. The van der Waals surface area contributed by atoms with Gasteiger partial charge in [0.2, 0.25) is 0 Å². The number of nitrogens with zero attached hydrogens (tertiary/aromatic N) is 1. The smallest absolute Gasteiger partial charge is 0.416 e. The number of piperazine rings is 1. The molecule has 0 unspecified atom stereocenters. The number of ether oxygens (including phenoxy) is 2. The SMILES string of the molecule is C[C@@H](O[C@H]1OCC[C@H](CN2CC[NH+]([O-])CC2)[C@H]1c1ccc(F)cc1)c1cc(C(F)(F)F)cc(C(F)(F)F)c1.